The lowest BCUT2D eigenvalue weighted by molar-refractivity contribution is -0.121. The molecule has 140 valence electrons. The van der Waals surface area contributed by atoms with Gasteiger partial charge in [0.1, 0.15) is 17.2 Å². The Bertz CT molecular complexity index is 1020. The predicted octanol–water partition coefficient (Wildman–Crippen LogP) is 4.95. The van der Waals surface area contributed by atoms with Crippen LogP contribution in [0.1, 0.15) is 10.4 Å². The molecule has 3 aromatic rings. The summed E-state index contributed by atoms with van der Waals surface area (Å²) in [5.41, 5.74) is 0.499. The average molecular weight is 397 g/mol. The number of carbonyl (C=O) groups is 2. The van der Waals surface area contributed by atoms with E-state index in [1.165, 1.54) is 16.7 Å². The molecule has 0 saturated heterocycles. The van der Waals surface area contributed by atoms with Gasteiger partial charge in [0.25, 0.3) is 5.91 Å². The van der Waals surface area contributed by atoms with Crippen LogP contribution in [0.4, 0.5) is 20.2 Å². The third-order valence-electron chi connectivity index (χ3n) is 4.18. The van der Waals surface area contributed by atoms with E-state index in [2.05, 4.69) is 0 Å². The molecular formula is C21H13F2NO3S. The standard InChI is InChI=1S/C21H13F2NO3S/c22-13-6-5-7-14(23)20(13)21(26)27-12-19(25)24-15-8-1-3-10-17(15)28-18-11-4-2-9-16(18)24/h1-11H,12H2. The number of para-hydroxylation sites is 2. The predicted molar refractivity (Wildman–Crippen MR) is 101 cm³/mol. The van der Waals surface area contributed by atoms with Gasteiger partial charge in [-0.2, -0.15) is 0 Å². The Balaban J connectivity index is 1.60. The molecule has 4 nitrogen and oxygen atoms in total. The number of hydrogen-bond donors (Lipinski definition) is 0. The first kappa shape index (κ1) is 18.2. The second kappa shape index (κ2) is 7.44. The molecule has 0 atom stereocenters. The minimum absolute atomic E-state index is 0.523. The van der Waals surface area contributed by atoms with Crippen molar-refractivity contribution in [3.8, 4) is 0 Å². The molecule has 1 heterocycles. The lowest BCUT2D eigenvalue weighted by atomic mass is 10.2. The summed E-state index contributed by atoms with van der Waals surface area (Å²) in [5.74, 6) is -3.83. The van der Waals surface area contributed by atoms with Crippen LogP contribution in [0, 0.1) is 11.6 Å². The maximum atomic E-state index is 13.7. The Kier molecular flexibility index (Phi) is 4.83. The van der Waals surface area contributed by atoms with E-state index >= 15 is 0 Å². The fourth-order valence-corrected chi connectivity index (χ4v) is 3.99. The highest BCUT2D eigenvalue weighted by atomic mass is 32.2. The topological polar surface area (TPSA) is 46.6 Å². The van der Waals surface area contributed by atoms with Gasteiger partial charge in [0.05, 0.1) is 11.4 Å². The quantitative estimate of drug-likeness (QED) is 0.587. The summed E-state index contributed by atoms with van der Waals surface area (Å²) in [6, 6.07) is 17.7. The van der Waals surface area contributed by atoms with Crippen LogP contribution in [0.15, 0.2) is 76.5 Å². The molecule has 1 amide bonds. The number of carbonyl (C=O) groups excluding carboxylic acids is 2. The van der Waals surface area contributed by atoms with Gasteiger partial charge in [-0.1, -0.05) is 42.1 Å². The molecule has 0 aliphatic carbocycles. The van der Waals surface area contributed by atoms with Crippen LogP contribution in [0.2, 0.25) is 0 Å². The van der Waals surface area contributed by atoms with Crippen molar-refractivity contribution in [2.75, 3.05) is 11.5 Å². The van der Waals surface area contributed by atoms with E-state index in [1.807, 2.05) is 24.3 Å². The number of ether oxygens (including phenoxy) is 1. The summed E-state index contributed by atoms with van der Waals surface area (Å²) >= 11 is 1.53. The number of fused-ring (bicyclic) bond motifs is 2. The molecule has 0 bridgehead atoms. The summed E-state index contributed by atoms with van der Waals surface area (Å²) in [6.45, 7) is -0.653. The van der Waals surface area contributed by atoms with Gasteiger partial charge >= 0.3 is 5.97 Å². The van der Waals surface area contributed by atoms with E-state index in [-0.39, 0.29) is 0 Å². The number of hydrogen-bond acceptors (Lipinski definition) is 4. The Labute approximate surface area is 163 Å². The van der Waals surface area contributed by atoms with E-state index in [1.54, 1.807) is 24.3 Å². The van der Waals surface area contributed by atoms with Gasteiger partial charge in [-0.15, -0.1) is 0 Å². The van der Waals surface area contributed by atoms with Crippen molar-refractivity contribution in [3.63, 3.8) is 0 Å². The molecule has 28 heavy (non-hydrogen) atoms. The summed E-state index contributed by atoms with van der Waals surface area (Å²) in [5, 5.41) is 0. The first-order chi connectivity index (χ1) is 13.6. The van der Waals surface area contributed by atoms with Crippen molar-refractivity contribution >= 4 is 35.0 Å². The largest absolute Gasteiger partial charge is 0.452 e. The third kappa shape index (κ3) is 3.25. The van der Waals surface area contributed by atoms with Gasteiger partial charge in [0.15, 0.2) is 6.61 Å². The van der Waals surface area contributed by atoms with E-state index in [0.717, 1.165) is 28.0 Å². The highest BCUT2D eigenvalue weighted by Gasteiger charge is 2.29. The van der Waals surface area contributed by atoms with E-state index in [0.29, 0.717) is 11.4 Å². The van der Waals surface area contributed by atoms with Crippen molar-refractivity contribution in [1.29, 1.82) is 0 Å². The van der Waals surface area contributed by atoms with Crippen LogP contribution < -0.4 is 4.90 Å². The fraction of sp³-hybridized carbons (Fsp3) is 0.0476. The van der Waals surface area contributed by atoms with E-state index in [4.69, 9.17) is 4.74 Å². The summed E-state index contributed by atoms with van der Waals surface area (Å²) in [6.07, 6.45) is 0. The molecule has 0 saturated carbocycles. The highest BCUT2D eigenvalue weighted by Crippen LogP contribution is 2.47. The lowest BCUT2D eigenvalue weighted by Gasteiger charge is -2.30. The van der Waals surface area contributed by atoms with Crippen molar-refractivity contribution in [2.24, 2.45) is 0 Å². The molecular weight excluding hydrogens is 384 g/mol. The number of rotatable bonds is 3. The van der Waals surface area contributed by atoms with Crippen molar-refractivity contribution in [3.05, 3.63) is 83.9 Å². The number of halogens is 2. The smallest absolute Gasteiger partial charge is 0.344 e. The zero-order chi connectivity index (χ0) is 19.7. The summed E-state index contributed by atoms with van der Waals surface area (Å²) in [4.78, 5) is 28.2. The minimum Gasteiger partial charge on any atom is -0.452 e. The molecule has 0 spiro atoms. The van der Waals surface area contributed by atoms with E-state index < -0.39 is 35.7 Å². The molecule has 1 aliphatic rings. The fourth-order valence-electron chi connectivity index (χ4n) is 2.93. The minimum atomic E-state index is -1.23. The van der Waals surface area contributed by atoms with Crippen LogP contribution >= 0.6 is 11.8 Å². The van der Waals surface area contributed by atoms with Crippen molar-refractivity contribution < 1.29 is 23.1 Å². The number of esters is 1. The first-order valence-corrected chi connectivity index (χ1v) is 9.18. The Hall–Kier alpha value is -3.19. The average Bonchev–Trinajstić information content (AvgIpc) is 2.70. The molecule has 0 N–H and O–H groups in total. The molecule has 0 aromatic heterocycles. The molecule has 0 radical (unpaired) electrons. The van der Waals surface area contributed by atoms with Gasteiger partial charge in [0.2, 0.25) is 0 Å². The van der Waals surface area contributed by atoms with Gasteiger partial charge < -0.3 is 4.74 Å². The molecule has 7 heteroatoms. The Morgan fingerprint density at radius 2 is 1.36 bits per heavy atom. The summed E-state index contributed by atoms with van der Waals surface area (Å²) in [7, 11) is 0. The highest BCUT2D eigenvalue weighted by molar-refractivity contribution is 7.99. The Morgan fingerprint density at radius 3 is 1.93 bits per heavy atom. The molecule has 0 unspecified atom stereocenters. The summed E-state index contributed by atoms with van der Waals surface area (Å²) < 4.78 is 32.4. The van der Waals surface area contributed by atoms with Crippen molar-refractivity contribution in [2.45, 2.75) is 9.79 Å². The van der Waals surface area contributed by atoms with Crippen LogP contribution in [-0.2, 0) is 9.53 Å². The first-order valence-electron chi connectivity index (χ1n) is 8.36. The maximum Gasteiger partial charge on any atom is 0.344 e. The molecule has 4 rings (SSSR count). The van der Waals surface area contributed by atoms with Gasteiger partial charge in [-0.05, 0) is 36.4 Å². The number of benzene rings is 3. The zero-order valence-corrected chi connectivity index (χ0v) is 15.2. The SMILES string of the molecule is O=C(OCC(=O)N1c2ccccc2Sc2ccccc21)c1c(F)cccc1F. The number of amides is 1. The molecule has 0 fully saturated rings. The molecule has 3 aromatic carbocycles. The van der Waals surface area contributed by atoms with Crippen LogP contribution in [-0.4, -0.2) is 18.5 Å². The van der Waals surface area contributed by atoms with Gasteiger partial charge in [-0.3, -0.25) is 9.69 Å². The van der Waals surface area contributed by atoms with Crippen LogP contribution in [0.3, 0.4) is 0 Å². The normalized spacial score (nSPS) is 12.1. The van der Waals surface area contributed by atoms with Crippen LogP contribution in [0.25, 0.3) is 0 Å². The second-order valence-corrected chi connectivity index (χ2v) is 7.02. The Morgan fingerprint density at radius 1 is 0.821 bits per heavy atom. The van der Waals surface area contributed by atoms with Crippen molar-refractivity contribution in [1.82, 2.24) is 0 Å². The second-order valence-electron chi connectivity index (χ2n) is 5.94. The van der Waals surface area contributed by atoms with Crippen LogP contribution in [0.5, 0.6) is 0 Å². The monoisotopic (exact) mass is 397 g/mol. The van der Waals surface area contributed by atoms with Gasteiger partial charge in [0, 0.05) is 9.79 Å². The number of anilines is 2. The lowest BCUT2D eigenvalue weighted by Crippen LogP contribution is -2.32. The molecule has 1 aliphatic heterocycles. The van der Waals surface area contributed by atoms with Gasteiger partial charge in [-0.25, -0.2) is 13.6 Å². The number of nitrogens with zero attached hydrogens (tertiary/aromatic N) is 1. The maximum absolute atomic E-state index is 13.7. The van der Waals surface area contributed by atoms with E-state index in [9.17, 15) is 18.4 Å². The zero-order valence-electron chi connectivity index (χ0n) is 14.4. The third-order valence-corrected chi connectivity index (χ3v) is 5.31.